The molecule has 0 radical (unpaired) electrons. The predicted octanol–water partition coefficient (Wildman–Crippen LogP) is 5.35. The van der Waals surface area contributed by atoms with Crippen molar-refractivity contribution in [2.75, 3.05) is 27.2 Å². The zero-order chi connectivity index (χ0) is 22.8. The van der Waals surface area contributed by atoms with E-state index in [1.165, 1.54) is 42.6 Å². The zero-order valence-corrected chi connectivity index (χ0v) is 19.8. The summed E-state index contributed by atoms with van der Waals surface area (Å²) < 4.78 is 7.26. The SMILES string of the molecule is COc1ccc(Cn2nc(C)c3cc(-c4cccc(CC5CCN(C)CC5)c4)cnc32)cc1. The maximum absolute atomic E-state index is 5.27. The summed E-state index contributed by atoms with van der Waals surface area (Å²) in [7, 11) is 3.91. The molecular weight excluding hydrogens is 408 g/mol. The van der Waals surface area contributed by atoms with Gasteiger partial charge in [-0.15, -0.1) is 0 Å². The summed E-state index contributed by atoms with van der Waals surface area (Å²) in [6.07, 6.45) is 5.74. The molecule has 0 aliphatic carbocycles. The molecule has 3 heterocycles. The van der Waals surface area contributed by atoms with Crippen LogP contribution in [0.4, 0.5) is 0 Å². The highest BCUT2D eigenvalue weighted by molar-refractivity contribution is 5.83. The minimum Gasteiger partial charge on any atom is -0.497 e. The van der Waals surface area contributed by atoms with Gasteiger partial charge in [0.25, 0.3) is 0 Å². The van der Waals surface area contributed by atoms with Crippen LogP contribution in [0.3, 0.4) is 0 Å². The molecular formula is C28H32N4O. The van der Waals surface area contributed by atoms with Crippen molar-refractivity contribution in [3.63, 3.8) is 0 Å². The Balaban J connectivity index is 1.38. The average Bonchev–Trinajstić information content (AvgIpc) is 3.15. The van der Waals surface area contributed by atoms with Crippen molar-refractivity contribution < 1.29 is 4.74 Å². The molecule has 2 aromatic heterocycles. The maximum Gasteiger partial charge on any atom is 0.158 e. The summed E-state index contributed by atoms with van der Waals surface area (Å²) in [6.45, 7) is 5.18. The average molecular weight is 441 g/mol. The number of methoxy groups -OCH3 is 1. The summed E-state index contributed by atoms with van der Waals surface area (Å²) >= 11 is 0. The van der Waals surface area contributed by atoms with Gasteiger partial charge in [0.05, 0.1) is 19.3 Å². The fourth-order valence-electron chi connectivity index (χ4n) is 4.86. The van der Waals surface area contributed by atoms with Crippen LogP contribution in [0, 0.1) is 12.8 Å². The first kappa shape index (κ1) is 21.7. The minimum absolute atomic E-state index is 0.687. The van der Waals surface area contributed by atoms with Gasteiger partial charge >= 0.3 is 0 Å². The fourth-order valence-corrected chi connectivity index (χ4v) is 4.86. The second kappa shape index (κ2) is 9.36. The lowest BCUT2D eigenvalue weighted by Gasteiger charge is -2.29. The number of aromatic nitrogens is 3. The molecule has 5 nitrogen and oxygen atoms in total. The Morgan fingerprint density at radius 1 is 0.970 bits per heavy atom. The van der Waals surface area contributed by atoms with Gasteiger partial charge in [-0.25, -0.2) is 9.67 Å². The summed E-state index contributed by atoms with van der Waals surface area (Å²) in [6, 6.07) is 19.4. The number of nitrogens with zero attached hydrogens (tertiary/aromatic N) is 4. The van der Waals surface area contributed by atoms with Crippen LogP contribution in [0.25, 0.3) is 22.2 Å². The maximum atomic E-state index is 5.27. The Labute approximate surface area is 196 Å². The quantitative estimate of drug-likeness (QED) is 0.405. The lowest BCUT2D eigenvalue weighted by molar-refractivity contribution is 0.219. The van der Waals surface area contributed by atoms with E-state index >= 15 is 0 Å². The van der Waals surface area contributed by atoms with Gasteiger partial charge in [-0.2, -0.15) is 5.10 Å². The number of benzene rings is 2. The van der Waals surface area contributed by atoms with Crippen LogP contribution < -0.4 is 4.74 Å². The highest BCUT2D eigenvalue weighted by atomic mass is 16.5. The fraction of sp³-hybridized carbons (Fsp3) is 0.357. The topological polar surface area (TPSA) is 43.2 Å². The Morgan fingerprint density at radius 2 is 1.76 bits per heavy atom. The Morgan fingerprint density at radius 3 is 2.52 bits per heavy atom. The molecule has 1 aliphatic rings. The summed E-state index contributed by atoms with van der Waals surface area (Å²) in [5, 5.41) is 5.90. The smallest absolute Gasteiger partial charge is 0.158 e. The van der Waals surface area contributed by atoms with E-state index in [1.54, 1.807) is 7.11 Å². The lowest BCUT2D eigenvalue weighted by atomic mass is 9.89. The number of ether oxygens (including phenoxy) is 1. The molecule has 1 fully saturated rings. The van der Waals surface area contributed by atoms with Gasteiger partial charge in [0.1, 0.15) is 5.75 Å². The monoisotopic (exact) mass is 440 g/mol. The van der Waals surface area contributed by atoms with Crippen molar-refractivity contribution >= 4 is 11.0 Å². The van der Waals surface area contributed by atoms with Crippen LogP contribution in [0.1, 0.15) is 29.7 Å². The highest BCUT2D eigenvalue weighted by Crippen LogP contribution is 2.28. The molecule has 0 spiro atoms. The summed E-state index contributed by atoms with van der Waals surface area (Å²) in [5.41, 5.74) is 6.92. The van der Waals surface area contributed by atoms with Crippen molar-refractivity contribution in [1.29, 1.82) is 0 Å². The first-order valence-corrected chi connectivity index (χ1v) is 11.8. The van der Waals surface area contributed by atoms with E-state index < -0.39 is 0 Å². The molecule has 4 aromatic rings. The van der Waals surface area contributed by atoms with Gasteiger partial charge in [-0.05, 0) is 87.1 Å². The predicted molar refractivity (Wildman–Crippen MR) is 134 cm³/mol. The first-order valence-electron chi connectivity index (χ1n) is 11.8. The largest absolute Gasteiger partial charge is 0.497 e. The van der Waals surface area contributed by atoms with Crippen molar-refractivity contribution in [3.8, 4) is 16.9 Å². The standard InChI is InChI=1S/C28H32N4O/c1-20-27-17-25(24-6-4-5-23(16-24)15-21-11-13-31(2)14-12-21)18-29-28(27)32(30-20)19-22-7-9-26(33-3)10-8-22/h4-10,16-18,21H,11-15,19H2,1-3H3. The van der Waals surface area contributed by atoms with Crippen LogP contribution in [-0.4, -0.2) is 46.9 Å². The second-order valence-electron chi connectivity index (χ2n) is 9.34. The van der Waals surface area contributed by atoms with Gasteiger partial charge < -0.3 is 9.64 Å². The second-order valence-corrected chi connectivity index (χ2v) is 9.34. The molecule has 2 aromatic carbocycles. The highest BCUT2D eigenvalue weighted by Gasteiger charge is 2.17. The van der Waals surface area contributed by atoms with Gasteiger partial charge in [0.15, 0.2) is 5.65 Å². The van der Waals surface area contributed by atoms with Crippen molar-refractivity contribution in [2.45, 2.75) is 32.7 Å². The number of fused-ring (bicyclic) bond motifs is 1. The minimum atomic E-state index is 0.687. The van der Waals surface area contributed by atoms with Crippen LogP contribution in [0.2, 0.25) is 0 Å². The molecule has 0 unspecified atom stereocenters. The third-order valence-electron chi connectivity index (χ3n) is 6.89. The number of hydrogen-bond acceptors (Lipinski definition) is 4. The number of hydrogen-bond donors (Lipinski definition) is 0. The van der Waals surface area contributed by atoms with Gasteiger partial charge in [0, 0.05) is 17.1 Å². The van der Waals surface area contributed by atoms with Crippen LogP contribution in [0.15, 0.2) is 60.8 Å². The molecule has 0 saturated carbocycles. The van der Waals surface area contributed by atoms with E-state index in [2.05, 4.69) is 61.3 Å². The third kappa shape index (κ3) is 4.79. The van der Waals surface area contributed by atoms with E-state index in [0.717, 1.165) is 40.4 Å². The summed E-state index contributed by atoms with van der Waals surface area (Å²) in [4.78, 5) is 7.27. The van der Waals surface area contributed by atoms with Gasteiger partial charge in [0.2, 0.25) is 0 Å². The zero-order valence-electron chi connectivity index (χ0n) is 19.8. The molecule has 5 rings (SSSR count). The van der Waals surface area contributed by atoms with Gasteiger partial charge in [-0.3, -0.25) is 0 Å². The number of likely N-dealkylation sites (tertiary alicyclic amines) is 1. The molecule has 0 N–H and O–H groups in total. The third-order valence-corrected chi connectivity index (χ3v) is 6.89. The molecule has 0 atom stereocenters. The van der Waals surface area contributed by atoms with Crippen molar-refractivity contribution in [3.05, 3.63) is 77.6 Å². The van der Waals surface area contributed by atoms with E-state index in [1.807, 2.05) is 23.0 Å². The number of piperidine rings is 1. The number of rotatable bonds is 6. The Kier molecular flexibility index (Phi) is 6.14. The molecule has 1 aliphatic heterocycles. The van der Waals surface area contributed by atoms with E-state index in [4.69, 9.17) is 14.8 Å². The van der Waals surface area contributed by atoms with E-state index in [9.17, 15) is 0 Å². The van der Waals surface area contributed by atoms with Crippen LogP contribution in [-0.2, 0) is 13.0 Å². The summed E-state index contributed by atoms with van der Waals surface area (Å²) in [5.74, 6) is 1.65. The molecule has 170 valence electrons. The first-order chi connectivity index (χ1) is 16.1. The molecule has 0 amide bonds. The molecule has 0 bridgehead atoms. The lowest BCUT2D eigenvalue weighted by Crippen LogP contribution is -2.30. The molecule has 1 saturated heterocycles. The molecule has 5 heteroatoms. The Bertz CT molecular complexity index is 1240. The van der Waals surface area contributed by atoms with E-state index in [-0.39, 0.29) is 0 Å². The van der Waals surface area contributed by atoms with E-state index in [0.29, 0.717) is 6.54 Å². The van der Waals surface area contributed by atoms with Crippen LogP contribution >= 0.6 is 0 Å². The number of pyridine rings is 1. The normalized spacial score (nSPS) is 15.2. The number of aryl methyl sites for hydroxylation is 1. The van der Waals surface area contributed by atoms with Crippen molar-refractivity contribution in [2.24, 2.45) is 5.92 Å². The van der Waals surface area contributed by atoms with Crippen molar-refractivity contribution in [1.82, 2.24) is 19.7 Å². The van der Waals surface area contributed by atoms with Gasteiger partial charge in [-0.1, -0.05) is 36.4 Å². The molecule has 33 heavy (non-hydrogen) atoms. The van der Waals surface area contributed by atoms with Crippen LogP contribution in [0.5, 0.6) is 5.75 Å². The Hall–Kier alpha value is -3.18.